The van der Waals surface area contributed by atoms with Gasteiger partial charge in [-0.15, -0.1) is 0 Å². The van der Waals surface area contributed by atoms with Gasteiger partial charge in [-0.1, -0.05) is 39.0 Å². The monoisotopic (exact) mass is 756 g/mol. The number of imide groups is 1. The minimum Gasteiger partial charge on any atom is -0.508 e. The summed E-state index contributed by atoms with van der Waals surface area (Å²) in [6.45, 7) is 7.93. The number of nitrogens with two attached hydrogens (primary N) is 1. The first-order valence-corrected chi connectivity index (χ1v) is 18.2. The molecule has 16 nitrogen and oxygen atoms in total. The second-order valence-corrected chi connectivity index (χ2v) is 13.9. The van der Waals surface area contributed by atoms with Gasteiger partial charge in [-0.2, -0.15) is 0 Å². The minimum absolute atomic E-state index is 0.0467. The maximum Gasteiger partial charge on any atom is 0.255 e. The number of likely N-dealkylation sites (N-methyl/N-ethyl adjacent to an activating group) is 1. The zero-order valence-electron chi connectivity index (χ0n) is 31.1. The third-order valence-electron chi connectivity index (χ3n) is 9.78. The van der Waals surface area contributed by atoms with E-state index in [1.54, 1.807) is 30.3 Å². The average Bonchev–Trinajstić information content (AvgIpc) is 3.47. The molecule has 3 aromatic rings. The molecule has 0 saturated carbocycles. The summed E-state index contributed by atoms with van der Waals surface area (Å²) in [6.07, 6.45) is -1.35. The third-order valence-corrected chi connectivity index (χ3v) is 9.78. The van der Waals surface area contributed by atoms with E-state index in [1.165, 1.54) is 21.9 Å². The molecule has 0 aromatic heterocycles. The summed E-state index contributed by atoms with van der Waals surface area (Å²) in [7, 11) is 0. The molecule has 0 bridgehead atoms. The molecule has 3 aromatic carbocycles. The lowest BCUT2D eigenvalue weighted by molar-refractivity contribution is -0.137. The van der Waals surface area contributed by atoms with Crippen molar-refractivity contribution in [3.05, 3.63) is 82.4 Å². The van der Waals surface area contributed by atoms with E-state index in [9.17, 15) is 39.3 Å². The van der Waals surface area contributed by atoms with Crippen LogP contribution in [0.3, 0.4) is 0 Å². The van der Waals surface area contributed by atoms with Gasteiger partial charge in [0.25, 0.3) is 5.91 Å². The first kappa shape index (κ1) is 40.3. The third kappa shape index (κ3) is 9.46. The smallest absolute Gasteiger partial charge is 0.255 e. The molecule has 5 rings (SSSR count). The minimum atomic E-state index is -1.58. The molecule has 0 aliphatic carbocycles. The van der Waals surface area contributed by atoms with Gasteiger partial charge in [0.2, 0.25) is 23.6 Å². The topological polar surface area (TPSA) is 242 Å². The summed E-state index contributed by atoms with van der Waals surface area (Å²) in [6, 6.07) is 13.9. The first-order valence-electron chi connectivity index (χ1n) is 18.2. The van der Waals surface area contributed by atoms with Crippen molar-refractivity contribution in [2.45, 2.75) is 77.9 Å². The van der Waals surface area contributed by atoms with Gasteiger partial charge >= 0.3 is 0 Å². The van der Waals surface area contributed by atoms with Crippen molar-refractivity contribution in [3.63, 3.8) is 0 Å². The Hall–Kier alpha value is -5.84. The fourth-order valence-electron chi connectivity index (χ4n) is 6.74. The number of amides is 5. The maximum absolute atomic E-state index is 13.1. The van der Waals surface area contributed by atoms with Crippen molar-refractivity contribution in [2.24, 2.45) is 5.73 Å². The Morgan fingerprint density at radius 2 is 1.75 bits per heavy atom. The molecule has 1 saturated heterocycles. The number of aliphatic hydroxyl groups is 1. The van der Waals surface area contributed by atoms with Gasteiger partial charge in [-0.05, 0) is 60.3 Å². The summed E-state index contributed by atoms with van der Waals surface area (Å²) in [4.78, 5) is 67.2. The van der Waals surface area contributed by atoms with Crippen LogP contribution in [0.2, 0.25) is 0 Å². The molecule has 2 unspecified atom stereocenters. The largest absolute Gasteiger partial charge is 0.508 e. The van der Waals surface area contributed by atoms with Crippen LogP contribution in [0.15, 0.2) is 54.6 Å². The quantitative estimate of drug-likeness (QED) is 0.0485. The molecule has 1 fully saturated rings. The van der Waals surface area contributed by atoms with Crippen molar-refractivity contribution in [1.82, 2.24) is 20.4 Å². The fourth-order valence-corrected chi connectivity index (χ4v) is 6.74. The number of amidine groups is 1. The van der Waals surface area contributed by atoms with Crippen LogP contribution in [-0.4, -0.2) is 92.5 Å². The van der Waals surface area contributed by atoms with Crippen LogP contribution in [0, 0.1) is 5.41 Å². The lowest BCUT2D eigenvalue weighted by Gasteiger charge is -2.29. The van der Waals surface area contributed by atoms with E-state index in [0.29, 0.717) is 54.2 Å². The van der Waals surface area contributed by atoms with Crippen molar-refractivity contribution in [3.8, 4) is 11.5 Å². The van der Waals surface area contributed by atoms with E-state index < -0.39 is 24.2 Å². The van der Waals surface area contributed by atoms with E-state index >= 15 is 0 Å². The Morgan fingerprint density at radius 1 is 1.04 bits per heavy atom. The van der Waals surface area contributed by atoms with Gasteiger partial charge in [0, 0.05) is 74.0 Å². The number of nitrogens with one attached hydrogen (secondary N) is 4. The number of carbonyl (C=O) groups excluding carboxylic acids is 5. The number of aromatic hydroxyl groups is 2. The Kier molecular flexibility index (Phi) is 12.9. The molecule has 5 amide bonds. The highest BCUT2D eigenvalue weighted by Crippen LogP contribution is 2.35. The Labute approximate surface area is 318 Å². The number of piperidine rings is 1. The van der Waals surface area contributed by atoms with Crippen LogP contribution in [0.4, 0.5) is 11.4 Å². The molecule has 16 heteroatoms. The number of anilines is 2. The average molecular weight is 757 g/mol. The van der Waals surface area contributed by atoms with E-state index in [0.717, 1.165) is 5.56 Å². The van der Waals surface area contributed by atoms with Crippen LogP contribution < -0.4 is 26.6 Å². The van der Waals surface area contributed by atoms with Gasteiger partial charge < -0.3 is 30.9 Å². The van der Waals surface area contributed by atoms with Crippen LogP contribution >= 0.6 is 0 Å². The number of nitrogens with zero attached hydrogens (tertiary/aromatic N) is 3. The Bertz CT molecular complexity index is 1970. The molecule has 292 valence electrons. The number of carbonyl (C=O) groups is 5. The van der Waals surface area contributed by atoms with Crippen LogP contribution in [-0.2, 0) is 32.3 Å². The molecule has 2 aliphatic rings. The second-order valence-electron chi connectivity index (χ2n) is 13.9. The molecule has 2 aliphatic heterocycles. The highest BCUT2D eigenvalue weighted by Gasteiger charge is 2.40. The van der Waals surface area contributed by atoms with Crippen molar-refractivity contribution >= 4 is 46.7 Å². The van der Waals surface area contributed by atoms with Crippen molar-refractivity contribution in [1.29, 1.82) is 5.41 Å². The number of rotatable bonds is 15. The predicted octanol–water partition coefficient (Wildman–Crippen LogP) is 2.41. The summed E-state index contributed by atoms with van der Waals surface area (Å²) < 4.78 is 0. The number of aliphatic hydroxyl groups excluding tert-OH is 1. The van der Waals surface area contributed by atoms with E-state index in [4.69, 9.17) is 11.1 Å². The normalized spacial score (nSPS) is 15.9. The van der Waals surface area contributed by atoms with Gasteiger partial charge in [0.15, 0.2) is 6.35 Å². The van der Waals surface area contributed by atoms with E-state index in [-0.39, 0.29) is 78.8 Å². The highest BCUT2D eigenvalue weighted by atomic mass is 16.3. The molecular formula is C39H48N8O8. The van der Waals surface area contributed by atoms with Crippen LogP contribution in [0.5, 0.6) is 11.5 Å². The van der Waals surface area contributed by atoms with Gasteiger partial charge in [0.1, 0.15) is 23.4 Å². The van der Waals surface area contributed by atoms with Crippen molar-refractivity contribution in [2.75, 3.05) is 29.9 Å². The molecule has 9 N–H and O–H groups in total. The van der Waals surface area contributed by atoms with Gasteiger partial charge in [0.05, 0.1) is 5.56 Å². The molecule has 2 heterocycles. The SMILES string of the molecule is CCN(CCNC(=O)CCC(=O)Nc1cccc2c1CN(C1CCC(=O)NC1=O)C2=O)Cc1ccc(N(C(=N)c2cc(C(C)C)c(O)cc2O)C(N)O)cc1. The zero-order chi connectivity index (χ0) is 40.0. The lowest BCUT2D eigenvalue weighted by Crippen LogP contribution is -2.52. The number of fused-ring (bicyclic) bond motifs is 1. The van der Waals surface area contributed by atoms with Crippen LogP contribution in [0.1, 0.15) is 85.0 Å². The molecular weight excluding hydrogens is 708 g/mol. The fraction of sp³-hybridized carbons (Fsp3) is 0.385. The van der Waals surface area contributed by atoms with Crippen LogP contribution in [0.25, 0.3) is 0 Å². The number of phenolic OH excluding ortho intramolecular Hbond substituents is 2. The maximum atomic E-state index is 13.1. The molecule has 55 heavy (non-hydrogen) atoms. The Morgan fingerprint density at radius 3 is 2.40 bits per heavy atom. The second kappa shape index (κ2) is 17.5. The molecule has 2 atom stereocenters. The van der Waals surface area contributed by atoms with Crippen molar-refractivity contribution < 1.29 is 39.3 Å². The standard InChI is InChI=1S/C39H48N8O8/c1-4-45(20-23-8-10-24(11-9-23)47(39(41)55)36(40)27-18-26(22(2)3)31(48)19-32(27)49)17-16-42-33(50)14-15-34(51)43-29-7-5-6-25-28(29)21-46(38(25)54)30-12-13-35(52)44-37(30)53/h5-11,18-19,22,30,39-40,48-49,55H,4,12-17,20-21,41H2,1-3H3,(H,42,50)(H,43,51)(H,44,52,53). The lowest BCUT2D eigenvalue weighted by atomic mass is 9.98. The number of hydrogen-bond donors (Lipinski definition) is 8. The predicted molar refractivity (Wildman–Crippen MR) is 204 cm³/mol. The zero-order valence-corrected chi connectivity index (χ0v) is 31.1. The van der Waals surface area contributed by atoms with E-state index in [2.05, 4.69) is 20.9 Å². The number of benzene rings is 3. The summed E-state index contributed by atoms with van der Waals surface area (Å²) in [5, 5.41) is 47.8. The van der Waals surface area contributed by atoms with Gasteiger partial charge in [-0.3, -0.25) is 50.2 Å². The number of phenols is 2. The first-order chi connectivity index (χ1) is 26.2. The van der Waals surface area contributed by atoms with E-state index in [1.807, 2.05) is 32.9 Å². The van der Waals surface area contributed by atoms with Gasteiger partial charge in [-0.25, -0.2) is 0 Å². The molecule has 0 spiro atoms. The highest BCUT2D eigenvalue weighted by molar-refractivity contribution is 6.10. The summed E-state index contributed by atoms with van der Waals surface area (Å²) >= 11 is 0. The summed E-state index contributed by atoms with van der Waals surface area (Å²) in [5.41, 5.74) is 9.22. The molecule has 0 radical (unpaired) electrons. The summed E-state index contributed by atoms with van der Waals surface area (Å²) in [5.74, 6) is -2.67. The Balaban J connectivity index is 1.09. The number of hydrogen-bond acceptors (Lipinski definition) is 11.